The Morgan fingerprint density at radius 2 is 2.58 bits per heavy atom. The zero-order valence-corrected chi connectivity index (χ0v) is 8.08. The van der Waals surface area contributed by atoms with Crippen LogP contribution in [0.1, 0.15) is 12.8 Å². The lowest BCUT2D eigenvalue weighted by Crippen LogP contribution is -2.28. The monoisotopic (exact) mass is 200 g/mol. The van der Waals surface area contributed by atoms with Crippen LogP contribution in [0.15, 0.2) is 0 Å². The van der Waals surface area contributed by atoms with Gasteiger partial charge in [0.05, 0.1) is 11.8 Å². The fraction of sp³-hybridized carbons (Fsp3) is 0.571. The van der Waals surface area contributed by atoms with Gasteiger partial charge in [-0.2, -0.15) is 5.26 Å². The highest BCUT2D eigenvalue weighted by Crippen LogP contribution is 2.16. The highest BCUT2D eigenvalue weighted by Gasteiger charge is 2.23. The Kier molecular flexibility index (Phi) is 3.50. The molecule has 0 unspecified atom stereocenters. The molecule has 1 amide bonds. The molecule has 3 nitrogen and oxygen atoms in total. The van der Waals surface area contributed by atoms with Crippen LogP contribution in [0.5, 0.6) is 0 Å². The second kappa shape index (κ2) is 4.43. The molecule has 0 bridgehead atoms. The average molecular weight is 200 g/mol. The Hall–Kier alpha value is -0.600. The molecule has 0 aliphatic carbocycles. The van der Waals surface area contributed by atoms with Gasteiger partial charge in [-0.3, -0.25) is 9.69 Å². The molecule has 1 aliphatic heterocycles. The first-order valence-electron chi connectivity index (χ1n) is 3.60. The van der Waals surface area contributed by atoms with Gasteiger partial charge in [0.1, 0.15) is 4.32 Å². The molecule has 12 heavy (non-hydrogen) atoms. The topological polar surface area (TPSA) is 44.1 Å². The van der Waals surface area contributed by atoms with Crippen LogP contribution in [-0.4, -0.2) is 27.4 Å². The first-order valence-corrected chi connectivity index (χ1v) is 4.99. The molecule has 1 fully saturated rings. The molecule has 1 rings (SSSR count). The van der Waals surface area contributed by atoms with Gasteiger partial charge in [0.15, 0.2) is 0 Å². The minimum Gasteiger partial charge on any atom is -0.298 e. The van der Waals surface area contributed by atoms with Gasteiger partial charge in [-0.05, 0) is 6.42 Å². The third-order valence-electron chi connectivity index (χ3n) is 1.55. The van der Waals surface area contributed by atoms with Gasteiger partial charge in [-0.1, -0.05) is 24.0 Å². The summed E-state index contributed by atoms with van der Waals surface area (Å²) in [5.41, 5.74) is 0. The van der Waals surface area contributed by atoms with E-state index in [-0.39, 0.29) is 5.91 Å². The fourth-order valence-corrected chi connectivity index (χ4v) is 1.92. The number of carbonyl (C=O) groups is 1. The van der Waals surface area contributed by atoms with E-state index in [1.165, 1.54) is 11.8 Å². The molecule has 0 spiro atoms. The average Bonchev–Trinajstić information content (AvgIpc) is 2.47. The molecule has 5 heteroatoms. The molecule has 0 saturated carbocycles. The molecule has 0 aromatic rings. The first kappa shape index (κ1) is 9.49. The van der Waals surface area contributed by atoms with Crippen molar-refractivity contribution in [2.24, 2.45) is 0 Å². The molecule has 1 heterocycles. The van der Waals surface area contributed by atoms with Gasteiger partial charge in [0.2, 0.25) is 5.91 Å². The third kappa shape index (κ3) is 2.19. The van der Waals surface area contributed by atoms with Crippen LogP contribution in [0, 0.1) is 11.3 Å². The number of amides is 1. The fourth-order valence-electron chi connectivity index (χ4n) is 1.01. The van der Waals surface area contributed by atoms with Crippen LogP contribution in [0.2, 0.25) is 0 Å². The predicted molar refractivity (Wildman–Crippen MR) is 51.6 cm³/mol. The third-order valence-corrected chi connectivity index (χ3v) is 2.87. The van der Waals surface area contributed by atoms with Crippen LogP contribution < -0.4 is 0 Å². The summed E-state index contributed by atoms with van der Waals surface area (Å²) in [5, 5.41) is 8.29. The zero-order chi connectivity index (χ0) is 8.97. The number of rotatable bonds is 1. The molecule has 1 saturated heterocycles. The SMILES string of the molecule is N#CCSC(=S)N1CCCC1=O. The van der Waals surface area contributed by atoms with Gasteiger partial charge < -0.3 is 0 Å². The number of nitrogens with zero attached hydrogens (tertiary/aromatic N) is 2. The predicted octanol–water partition coefficient (Wildman–Crippen LogP) is 1.15. The molecule has 1 aliphatic rings. The van der Waals surface area contributed by atoms with Crippen molar-refractivity contribution in [2.45, 2.75) is 12.8 Å². The molecular formula is C7H8N2OS2. The quantitative estimate of drug-likeness (QED) is 0.596. The molecule has 0 aromatic heterocycles. The summed E-state index contributed by atoms with van der Waals surface area (Å²) in [4.78, 5) is 12.7. The number of hydrogen-bond acceptors (Lipinski definition) is 4. The second-order valence-corrected chi connectivity index (χ2v) is 3.97. The molecule has 0 aromatic carbocycles. The van der Waals surface area contributed by atoms with Crippen molar-refractivity contribution in [3.05, 3.63) is 0 Å². The van der Waals surface area contributed by atoms with Crippen LogP contribution in [-0.2, 0) is 4.79 Å². The lowest BCUT2D eigenvalue weighted by Gasteiger charge is -2.14. The van der Waals surface area contributed by atoms with Crippen molar-refractivity contribution >= 4 is 34.2 Å². The minimum absolute atomic E-state index is 0.0884. The van der Waals surface area contributed by atoms with Gasteiger partial charge >= 0.3 is 0 Å². The standard InChI is InChI=1S/C7H8N2OS2/c8-3-5-12-7(11)9-4-1-2-6(9)10/h1-2,4-5H2. The van der Waals surface area contributed by atoms with E-state index < -0.39 is 0 Å². The van der Waals surface area contributed by atoms with E-state index in [9.17, 15) is 4.79 Å². The van der Waals surface area contributed by atoms with Crippen molar-refractivity contribution in [3.63, 3.8) is 0 Å². The number of thioether (sulfide) groups is 1. The summed E-state index contributed by atoms with van der Waals surface area (Å²) in [6.07, 6.45) is 1.47. The number of hydrogen-bond donors (Lipinski definition) is 0. The lowest BCUT2D eigenvalue weighted by molar-refractivity contribution is -0.124. The Balaban J connectivity index is 2.42. The molecular weight excluding hydrogens is 192 g/mol. The van der Waals surface area contributed by atoms with Gasteiger partial charge in [-0.25, -0.2) is 0 Å². The van der Waals surface area contributed by atoms with Gasteiger partial charge in [0.25, 0.3) is 0 Å². The lowest BCUT2D eigenvalue weighted by atomic mass is 10.4. The maximum absolute atomic E-state index is 11.1. The first-order chi connectivity index (χ1) is 5.75. The number of likely N-dealkylation sites (tertiary alicyclic amines) is 1. The van der Waals surface area contributed by atoms with Crippen LogP contribution in [0.3, 0.4) is 0 Å². The van der Waals surface area contributed by atoms with Gasteiger partial charge in [-0.15, -0.1) is 0 Å². The Labute approximate surface area is 80.7 Å². The summed E-state index contributed by atoms with van der Waals surface area (Å²) in [6.45, 7) is 0.718. The summed E-state index contributed by atoms with van der Waals surface area (Å²) in [5.74, 6) is 0.410. The van der Waals surface area contributed by atoms with Crippen molar-refractivity contribution < 1.29 is 4.79 Å². The summed E-state index contributed by atoms with van der Waals surface area (Å²) in [6, 6.07) is 1.97. The highest BCUT2D eigenvalue weighted by molar-refractivity contribution is 8.23. The van der Waals surface area contributed by atoms with Crippen molar-refractivity contribution in [1.29, 1.82) is 5.26 Å². The number of carbonyl (C=O) groups excluding carboxylic acids is 1. The van der Waals surface area contributed by atoms with E-state index in [4.69, 9.17) is 17.5 Å². The van der Waals surface area contributed by atoms with Crippen LogP contribution >= 0.6 is 24.0 Å². The van der Waals surface area contributed by atoms with E-state index in [0.717, 1.165) is 13.0 Å². The maximum atomic E-state index is 11.1. The normalized spacial score (nSPS) is 16.2. The highest BCUT2D eigenvalue weighted by atomic mass is 32.2. The molecule has 0 atom stereocenters. The Morgan fingerprint density at radius 1 is 1.83 bits per heavy atom. The van der Waals surface area contributed by atoms with Crippen LogP contribution in [0.4, 0.5) is 0 Å². The van der Waals surface area contributed by atoms with E-state index >= 15 is 0 Å². The largest absolute Gasteiger partial charge is 0.298 e. The Bertz CT molecular complexity index is 246. The smallest absolute Gasteiger partial charge is 0.228 e. The van der Waals surface area contributed by atoms with E-state index in [2.05, 4.69) is 0 Å². The molecule has 64 valence electrons. The van der Waals surface area contributed by atoms with Crippen molar-refractivity contribution in [2.75, 3.05) is 12.3 Å². The summed E-state index contributed by atoms with van der Waals surface area (Å²) >= 11 is 6.23. The second-order valence-electron chi connectivity index (χ2n) is 2.36. The van der Waals surface area contributed by atoms with E-state index in [0.29, 0.717) is 16.5 Å². The molecule has 0 radical (unpaired) electrons. The van der Waals surface area contributed by atoms with Crippen molar-refractivity contribution in [1.82, 2.24) is 4.90 Å². The van der Waals surface area contributed by atoms with E-state index in [1.807, 2.05) is 6.07 Å². The molecule has 0 N–H and O–H groups in total. The summed E-state index contributed by atoms with van der Waals surface area (Å²) in [7, 11) is 0. The number of nitriles is 1. The minimum atomic E-state index is 0.0884. The van der Waals surface area contributed by atoms with Gasteiger partial charge in [0, 0.05) is 13.0 Å². The van der Waals surface area contributed by atoms with E-state index in [1.54, 1.807) is 4.90 Å². The summed E-state index contributed by atoms with van der Waals surface area (Å²) < 4.78 is 0.541. The number of thiocarbonyl (C=S) groups is 1. The van der Waals surface area contributed by atoms with Crippen LogP contribution in [0.25, 0.3) is 0 Å². The maximum Gasteiger partial charge on any atom is 0.228 e. The Morgan fingerprint density at radius 3 is 3.08 bits per heavy atom. The van der Waals surface area contributed by atoms with Crippen molar-refractivity contribution in [3.8, 4) is 6.07 Å². The zero-order valence-electron chi connectivity index (χ0n) is 6.45.